The molecule has 0 aromatic heterocycles. The third-order valence-electron chi connectivity index (χ3n) is 2.48. The number of hydrogen-bond acceptors (Lipinski definition) is 4. The van der Waals surface area contributed by atoms with Crippen LogP contribution in [0.5, 0.6) is 0 Å². The first kappa shape index (κ1) is 17.6. The quantitative estimate of drug-likeness (QED) is 0.553. The summed E-state index contributed by atoms with van der Waals surface area (Å²) in [6.45, 7) is 6.33. The molecule has 17 heavy (non-hydrogen) atoms. The zero-order valence-electron chi connectivity index (χ0n) is 12.2. The molecular formula is C12H28N2O2Sn. The summed E-state index contributed by atoms with van der Waals surface area (Å²) in [5.74, 6) is 0. The molecule has 0 aromatic carbocycles. The van der Waals surface area contributed by atoms with E-state index in [1.54, 1.807) is 0 Å². The molecule has 5 heteroatoms. The van der Waals surface area contributed by atoms with Crippen molar-refractivity contribution in [3.05, 3.63) is 0 Å². The van der Waals surface area contributed by atoms with E-state index in [4.69, 9.17) is 6.15 Å². The second-order valence-electron chi connectivity index (χ2n) is 4.90. The maximum absolute atomic E-state index is 5.90. The van der Waals surface area contributed by atoms with Crippen LogP contribution in [0.25, 0.3) is 0 Å². The van der Waals surface area contributed by atoms with Crippen LogP contribution in [0, 0.1) is 0 Å². The summed E-state index contributed by atoms with van der Waals surface area (Å²) in [6, 6.07) is 0. The molecule has 0 bridgehead atoms. The molecule has 0 aromatic rings. The Morgan fingerprint density at radius 3 is 1.41 bits per heavy atom. The van der Waals surface area contributed by atoms with Crippen LogP contribution in [0.2, 0.25) is 0 Å². The van der Waals surface area contributed by atoms with Gasteiger partial charge in [-0.05, 0) is 0 Å². The van der Waals surface area contributed by atoms with Crippen LogP contribution in [0.4, 0.5) is 0 Å². The first-order valence-electron chi connectivity index (χ1n) is 6.35. The fourth-order valence-corrected chi connectivity index (χ4v) is 3.79. The van der Waals surface area contributed by atoms with Crippen molar-refractivity contribution in [3.8, 4) is 0 Å². The van der Waals surface area contributed by atoms with Gasteiger partial charge in [0.2, 0.25) is 0 Å². The Hall–Kier alpha value is 0.639. The van der Waals surface area contributed by atoms with Crippen molar-refractivity contribution in [2.75, 3.05) is 41.3 Å². The van der Waals surface area contributed by atoms with Crippen molar-refractivity contribution >= 4 is 22.0 Å². The molecule has 4 nitrogen and oxygen atoms in total. The van der Waals surface area contributed by atoms with E-state index in [1.165, 1.54) is 0 Å². The Kier molecular flexibility index (Phi) is 10.9. The second kappa shape index (κ2) is 10.6. The van der Waals surface area contributed by atoms with Crippen LogP contribution in [0.3, 0.4) is 0 Å². The van der Waals surface area contributed by atoms with Crippen molar-refractivity contribution in [2.24, 2.45) is 0 Å². The average Bonchev–Trinajstić information content (AvgIpc) is 2.25. The average molecular weight is 351 g/mol. The SMILES string of the molecule is CCC(CN(C)C)[O][Sn][O]C(CC)CN(C)C. The fraction of sp³-hybridized carbons (Fsp3) is 1.00. The normalized spacial score (nSPS) is 15.5. The molecule has 0 aliphatic carbocycles. The molecule has 0 amide bonds. The summed E-state index contributed by atoms with van der Waals surface area (Å²) in [5.41, 5.74) is 0. The van der Waals surface area contributed by atoms with E-state index in [9.17, 15) is 0 Å². The predicted octanol–water partition coefficient (Wildman–Crippen LogP) is 1.23. The Morgan fingerprint density at radius 2 is 1.18 bits per heavy atom. The fourth-order valence-electron chi connectivity index (χ4n) is 1.48. The summed E-state index contributed by atoms with van der Waals surface area (Å²) in [6.07, 6.45) is 2.81. The zero-order chi connectivity index (χ0) is 13.3. The van der Waals surface area contributed by atoms with E-state index < -0.39 is 22.0 Å². The van der Waals surface area contributed by atoms with Crippen LogP contribution in [-0.2, 0) is 6.15 Å². The molecule has 0 saturated heterocycles. The first-order chi connectivity index (χ1) is 7.99. The molecule has 0 spiro atoms. The Bertz CT molecular complexity index is 162. The van der Waals surface area contributed by atoms with Gasteiger partial charge in [0, 0.05) is 0 Å². The number of hydrogen-bond donors (Lipinski definition) is 0. The predicted molar refractivity (Wildman–Crippen MR) is 73.2 cm³/mol. The molecule has 0 heterocycles. The third kappa shape index (κ3) is 10.3. The molecular weight excluding hydrogens is 323 g/mol. The summed E-state index contributed by atoms with van der Waals surface area (Å²) in [5, 5.41) is 0. The molecule has 0 aliphatic heterocycles. The van der Waals surface area contributed by atoms with Crippen molar-refractivity contribution in [1.82, 2.24) is 9.80 Å². The van der Waals surface area contributed by atoms with Gasteiger partial charge in [-0.15, -0.1) is 0 Å². The molecule has 0 N–H and O–H groups in total. The van der Waals surface area contributed by atoms with Gasteiger partial charge in [0.05, 0.1) is 0 Å². The van der Waals surface area contributed by atoms with Crippen LogP contribution >= 0.6 is 0 Å². The molecule has 2 atom stereocenters. The van der Waals surface area contributed by atoms with Gasteiger partial charge in [-0.1, -0.05) is 0 Å². The van der Waals surface area contributed by atoms with Crippen LogP contribution in [0.15, 0.2) is 0 Å². The molecule has 0 rings (SSSR count). The molecule has 2 radical (unpaired) electrons. The second-order valence-corrected chi connectivity index (χ2v) is 6.73. The summed E-state index contributed by atoms with van der Waals surface area (Å²) >= 11 is -1.12. The minimum absolute atomic E-state index is 0.341. The van der Waals surface area contributed by atoms with E-state index in [1.807, 2.05) is 0 Å². The van der Waals surface area contributed by atoms with Gasteiger partial charge in [0.25, 0.3) is 0 Å². The van der Waals surface area contributed by atoms with E-state index in [-0.39, 0.29) is 0 Å². The van der Waals surface area contributed by atoms with Gasteiger partial charge in [-0.25, -0.2) is 0 Å². The standard InChI is InChI=1S/2C6H14NO.Sn/c2*1-4-6(8)5-7(2)3;/h2*6H,4-5H2,1-3H3;/q2*-1;+2. The molecule has 2 unspecified atom stereocenters. The number of likely N-dealkylation sites (N-methyl/N-ethyl adjacent to an activating group) is 2. The van der Waals surface area contributed by atoms with Gasteiger partial charge >= 0.3 is 118 Å². The van der Waals surface area contributed by atoms with Crippen LogP contribution in [-0.4, -0.2) is 85.3 Å². The van der Waals surface area contributed by atoms with Gasteiger partial charge in [0.1, 0.15) is 0 Å². The summed E-state index contributed by atoms with van der Waals surface area (Å²) in [7, 11) is 8.33. The van der Waals surface area contributed by atoms with Gasteiger partial charge in [-0.2, -0.15) is 0 Å². The molecule has 0 fully saturated rings. The summed E-state index contributed by atoms with van der Waals surface area (Å²) in [4.78, 5) is 4.34. The minimum atomic E-state index is -1.12. The Labute approximate surface area is 118 Å². The maximum atomic E-state index is 5.90. The van der Waals surface area contributed by atoms with Crippen LogP contribution in [0.1, 0.15) is 26.7 Å². The molecule has 0 aliphatic rings. The zero-order valence-corrected chi connectivity index (χ0v) is 15.0. The van der Waals surface area contributed by atoms with Crippen molar-refractivity contribution in [1.29, 1.82) is 0 Å². The van der Waals surface area contributed by atoms with E-state index in [2.05, 4.69) is 51.8 Å². The van der Waals surface area contributed by atoms with E-state index in [0.29, 0.717) is 12.2 Å². The van der Waals surface area contributed by atoms with E-state index >= 15 is 0 Å². The third-order valence-corrected chi connectivity index (χ3v) is 4.93. The van der Waals surface area contributed by atoms with E-state index in [0.717, 1.165) is 25.9 Å². The topological polar surface area (TPSA) is 24.9 Å². The number of rotatable bonds is 10. The number of nitrogens with zero attached hydrogens (tertiary/aromatic N) is 2. The van der Waals surface area contributed by atoms with Crippen molar-refractivity contribution < 1.29 is 6.15 Å². The van der Waals surface area contributed by atoms with Crippen molar-refractivity contribution in [3.63, 3.8) is 0 Å². The van der Waals surface area contributed by atoms with Gasteiger partial charge in [-0.3, -0.25) is 0 Å². The molecule has 102 valence electrons. The van der Waals surface area contributed by atoms with Gasteiger partial charge in [0.15, 0.2) is 0 Å². The monoisotopic (exact) mass is 352 g/mol. The molecule has 0 saturated carbocycles. The summed E-state index contributed by atoms with van der Waals surface area (Å²) < 4.78 is 11.8. The van der Waals surface area contributed by atoms with Crippen molar-refractivity contribution in [2.45, 2.75) is 38.9 Å². The Balaban J connectivity index is 3.77. The first-order valence-corrected chi connectivity index (χ1v) is 8.68. The van der Waals surface area contributed by atoms with Gasteiger partial charge < -0.3 is 0 Å². The van der Waals surface area contributed by atoms with Crippen LogP contribution < -0.4 is 0 Å². The Morgan fingerprint density at radius 1 is 0.824 bits per heavy atom.